The number of hydrogen-bond acceptors (Lipinski definition) is 7. The van der Waals surface area contributed by atoms with E-state index in [2.05, 4.69) is 20.2 Å². The highest BCUT2D eigenvalue weighted by Crippen LogP contribution is 2.51. The van der Waals surface area contributed by atoms with Crippen LogP contribution in [0.1, 0.15) is 53.5 Å². The second-order valence-corrected chi connectivity index (χ2v) is 12.7. The highest BCUT2D eigenvalue weighted by atomic mass is 32.2. The fraction of sp³-hybridized carbons (Fsp3) is 0.345. The fourth-order valence-corrected chi connectivity index (χ4v) is 7.80. The van der Waals surface area contributed by atoms with Crippen molar-refractivity contribution in [3.05, 3.63) is 89.0 Å². The molecule has 3 heterocycles. The van der Waals surface area contributed by atoms with Crippen LogP contribution in [0.25, 0.3) is 11.8 Å². The van der Waals surface area contributed by atoms with Crippen LogP contribution in [0.15, 0.2) is 65.8 Å². The molecule has 1 saturated carbocycles. The predicted octanol–water partition coefficient (Wildman–Crippen LogP) is 4.63. The summed E-state index contributed by atoms with van der Waals surface area (Å²) in [5.41, 5.74) is -0.256. The van der Waals surface area contributed by atoms with Gasteiger partial charge in [-0.3, -0.25) is 14.5 Å². The summed E-state index contributed by atoms with van der Waals surface area (Å²) >= 11 is 0. The number of rotatable bonds is 7. The number of halogens is 4. The number of ketones is 1. The molecule has 1 aromatic carbocycles. The third kappa shape index (κ3) is 5.03. The molecule has 10 nitrogen and oxygen atoms in total. The van der Waals surface area contributed by atoms with Gasteiger partial charge in [0.05, 0.1) is 28.6 Å². The van der Waals surface area contributed by atoms with Gasteiger partial charge in [-0.05, 0) is 73.7 Å². The summed E-state index contributed by atoms with van der Waals surface area (Å²) in [5, 5.41) is 8.06. The standard InChI is InChI=1S/C29H27F4N7O3S/c1-3-39(44(42,43)27-35-17-38(2)37-27)23-7-4-19-13-25-18(16-36-40(25)22-8-5-21(30)6-9-22)14-28(19,15-23)26(41)24-12-20(10-11-34-24)29(31,32)33/h5-6,8-13,16-17,23H,3-4,7,14-15H2,1-2H3/t23-,28-/m0/s1. The molecule has 2 atom stereocenters. The number of allylic oxidation sites excluding steroid dienone is 1. The van der Waals surface area contributed by atoms with Gasteiger partial charge in [0.2, 0.25) is 0 Å². The first-order valence-electron chi connectivity index (χ1n) is 13.8. The number of carbonyl (C=O) groups excluding carboxylic acids is 1. The van der Waals surface area contributed by atoms with Gasteiger partial charge in [0, 0.05) is 25.8 Å². The molecular formula is C29H27F4N7O3S. The molecule has 230 valence electrons. The van der Waals surface area contributed by atoms with Gasteiger partial charge in [0.1, 0.15) is 17.8 Å². The van der Waals surface area contributed by atoms with Crippen molar-refractivity contribution in [1.82, 2.24) is 33.8 Å². The van der Waals surface area contributed by atoms with Crippen molar-refractivity contribution in [2.24, 2.45) is 12.5 Å². The van der Waals surface area contributed by atoms with E-state index < -0.39 is 44.8 Å². The van der Waals surface area contributed by atoms with Crippen LogP contribution in [0.2, 0.25) is 0 Å². The van der Waals surface area contributed by atoms with Gasteiger partial charge in [-0.2, -0.15) is 22.6 Å². The molecule has 6 rings (SSSR count). The normalized spacial score (nSPS) is 20.2. The maximum atomic E-state index is 14.4. The minimum Gasteiger partial charge on any atom is -0.291 e. The number of carbonyl (C=O) groups is 1. The SMILES string of the molecule is CCN([C@H]1CCC2=Cc3c(cnn3-c3ccc(F)cc3)C[C@]2(C(=O)c2cc(C(F)(F)F)ccn2)C1)S(=O)(=O)c1ncn(C)n1. The summed E-state index contributed by atoms with van der Waals surface area (Å²) in [6, 6.07) is 6.57. The van der Waals surface area contributed by atoms with E-state index in [4.69, 9.17) is 0 Å². The van der Waals surface area contributed by atoms with Crippen LogP contribution in [0, 0.1) is 11.2 Å². The van der Waals surface area contributed by atoms with Crippen LogP contribution < -0.4 is 0 Å². The smallest absolute Gasteiger partial charge is 0.291 e. The molecule has 1 fully saturated rings. The molecule has 15 heteroatoms. The summed E-state index contributed by atoms with van der Waals surface area (Å²) in [4.78, 5) is 22.4. The molecule has 2 aliphatic carbocycles. The van der Waals surface area contributed by atoms with Gasteiger partial charge in [-0.25, -0.2) is 22.5 Å². The zero-order valence-corrected chi connectivity index (χ0v) is 24.5. The monoisotopic (exact) mass is 629 g/mol. The van der Waals surface area contributed by atoms with Crippen molar-refractivity contribution < 1.29 is 30.8 Å². The number of hydrogen-bond donors (Lipinski definition) is 0. The Balaban J connectivity index is 1.45. The Kier molecular flexibility index (Phi) is 7.27. The second-order valence-electron chi connectivity index (χ2n) is 10.9. The quantitative estimate of drug-likeness (QED) is 0.216. The third-order valence-corrected chi connectivity index (χ3v) is 10.1. The number of alkyl halides is 3. The van der Waals surface area contributed by atoms with Crippen molar-refractivity contribution in [2.45, 2.75) is 50.0 Å². The van der Waals surface area contributed by atoms with E-state index >= 15 is 0 Å². The number of fused-ring (bicyclic) bond motifs is 2. The molecule has 4 aromatic rings. The summed E-state index contributed by atoms with van der Waals surface area (Å²) in [5.74, 6) is -1.05. The van der Waals surface area contributed by atoms with E-state index in [1.54, 1.807) is 43.1 Å². The number of nitrogens with zero attached hydrogens (tertiary/aromatic N) is 7. The Morgan fingerprint density at radius 3 is 2.57 bits per heavy atom. The summed E-state index contributed by atoms with van der Waals surface area (Å²) < 4.78 is 85.9. The Bertz CT molecular complexity index is 1880. The highest BCUT2D eigenvalue weighted by Gasteiger charge is 2.52. The summed E-state index contributed by atoms with van der Waals surface area (Å²) in [7, 11) is -2.62. The molecule has 0 saturated heterocycles. The molecule has 2 aliphatic rings. The lowest BCUT2D eigenvalue weighted by atomic mass is 9.60. The van der Waals surface area contributed by atoms with Gasteiger partial charge in [0.15, 0.2) is 5.78 Å². The number of pyridine rings is 1. The number of aryl methyl sites for hydroxylation is 1. The van der Waals surface area contributed by atoms with Crippen LogP contribution in [-0.4, -0.2) is 60.6 Å². The molecule has 0 aliphatic heterocycles. The van der Waals surface area contributed by atoms with E-state index in [1.807, 2.05) is 0 Å². The van der Waals surface area contributed by atoms with Gasteiger partial charge >= 0.3 is 6.18 Å². The van der Waals surface area contributed by atoms with Crippen molar-refractivity contribution in [1.29, 1.82) is 0 Å². The van der Waals surface area contributed by atoms with Crippen LogP contribution in [0.5, 0.6) is 0 Å². The maximum absolute atomic E-state index is 14.4. The lowest BCUT2D eigenvalue weighted by Gasteiger charge is -2.46. The fourth-order valence-electron chi connectivity index (χ4n) is 6.26. The number of benzene rings is 1. The van der Waals surface area contributed by atoms with E-state index in [0.29, 0.717) is 28.9 Å². The zero-order chi connectivity index (χ0) is 31.4. The van der Waals surface area contributed by atoms with E-state index in [0.717, 1.165) is 18.3 Å². The van der Waals surface area contributed by atoms with Gasteiger partial charge < -0.3 is 0 Å². The van der Waals surface area contributed by atoms with Crippen molar-refractivity contribution >= 4 is 21.9 Å². The lowest BCUT2D eigenvalue weighted by Crippen LogP contribution is -2.50. The van der Waals surface area contributed by atoms with Crippen molar-refractivity contribution in [3.63, 3.8) is 0 Å². The van der Waals surface area contributed by atoms with E-state index in [9.17, 15) is 30.8 Å². The number of Topliss-reactive ketones (excluding diaryl/α,β-unsaturated/α-hetero) is 1. The van der Waals surface area contributed by atoms with Crippen LogP contribution in [0.3, 0.4) is 0 Å². The Morgan fingerprint density at radius 2 is 1.91 bits per heavy atom. The van der Waals surface area contributed by atoms with Crippen molar-refractivity contribution in [2.75, 3.05) is 6.54 Å². The van der Waals surface area contributed by atoms with E-state index in [1.165, 1.54) is 27.4 Å². The minimum absolute atomic E-state index is 0.00331. The Labute approximate surface area is 250 Å². The van der Waals surface area contributed by atoms with Crippen LogP contribution in [0.4, 0.5) is 17.6 Å². The minimum atomic E-state index is -4.69. The highest BCUT2D eigenvalue weighted by molar-refractivity contribution is 7.89. The van der Waals surface area contributed by atoms with E-state index in [-0.39, 0.29) is 36.7 Å². The molecule has 0 N–H and O–H groups in total. The van der Waals surface area contributed by atoms with Gasteiger partial charge in [-0.15, -0.1) is 5.10 Å². The Hall–Kier alpha value is -4.24. The van der Waals surface area contributed by atoms with Crippen molar-refractivity contribution in [3.8, 4) is 5.69 Å². The summed E-state index contributed by atoms with van der Waals surface area (Å²) in [6.45, 7) is 1.73. The lowest BCUT2D eigenvalue weighted by molar-refractivity contribution is -0.137. The maximum Gasteiger partial charge on any atom is 0.416 e. The first-order chi connectivity index (χ1) is 20.8. The molecule has 0 radical (unpaired) electrons. The Morgan fingerprint density at radius 1 is 1.16 bits per heavy atom. The topological polar surface area (TPSA) is 116 Å². The predicted molar refractivity (Wildman–Crippen MR) is 149 cm³/mol. The second kappa shape index (κ2) is 10.7. The largest absolute Gasteiger partial charge is 0.416 e. The first kappa shape index (κ1) is 29.8. The van der Waals surface area contributed by atoms with Gasteiger partial charge in [0.25, 0.3) is 15.2 Å². The first-order valence-corrected chi connectivity index (χ1v) is 15.3. The molecule has 0 unspecified atom stereocenters. The van der Waals surface area contributed by atoms with Crippen LogP contribution >= 0.6 is 0 Å². The molecule has 0 amide bonds. The van der Waals surface area contributed by atoms with Gasteiger partial charge in [-0.1, -0.05) is 12.5 Å². The molecule has 3 aromatic heterocycles. The van der Waals surface area contributed by atoms with Crippen LogP contribution in [-0.2, 0) is 29.7 Å². The third-order valence-electron chi connectivity index (χ3n) is 8.30. The molecule has 0 bridgehead atoms. The average molecular weight is 630 g/mol. The molecular weight excluding hydrogens is 602 g/mol. The molecule has 44 heavy (non-hydrogen) atoms. The number of aromatic nitrogens is 6. The number of sulfonamides is 1. The zero-order valence-electron chi connectivity index (χ0n) is 23.7. The average Bonchev–Trinajstić information content (AvgIpc) is 3.62. The molecule has 0 spiro atoms. The summed E-state index contributed by atoms with van der Waals surface area (Å²) in [6.07, 6.45) is 1.57.